The Hall–Kier alpha value is -2.63. The van der Waals surface area contributed by atoms with E-state index in [1.165, 1.54) is 11.4 Å². The van der Waals surface area contributed by atoms with Crippen LogP contribution in [0, 0.1) is 12.8 Å². The van der Waals surface area contributed by atoms with Gasteiger partial charge in [-0.15, -0.1) is 0 Å². The Morgan fingerprint density at radius 3 is 2.65 bits per heavy atom. The molecule has 4 rings (SSSR count). The summed E-state index contributed by atoms with van der Waals surface area (Å²) >= 11 is 0. The van der Waals surface area contributed by atoms with Crippen LogP contribution in [0.15, 0.2) is 30.3 Å². The van der Waals surface area contributed by atoms with Crippen molar-refractivity contribution < 1.29 is 14.3 Å². The van der Waals surface area contributed by atoms with Crippen molar-refractivity contribution in [2.24, 2.45) is 5.92 Å². The van der Waals surface area contributed by atoms with E-state index in [0.29, 0.717) is 31.4 Å². The van der Waals surface area contributed by atoms with Gasteiger partial charge in [0.1, 0.15) is 13.2 Å². The van der Waals surface area contributed by atoms with E-state index >= 15 is 0 Å². The smallest absolute Gasteiger partial charge is 0.322 e. The Morgan fingerprint density at radius 1 is 1.12 bits per heavy atom. The zero-order valence-corrected chi connectivity index (χ0v) is 15.5. The first kappa shape index (κ1) is 16.8. The minimum Gasteiger partial charge on any atom is -0.486 e. The SMILES string of the molecule is Cc1ccc2n1CCN(C(=O)Nc1ccc3c(c1)OCCO3)C2C(C)C. The summed E-state index contributed by atoms with van der Waals surface area (Å²) < 4.78 is 13.5. The summed E-state index contributed by atoms with van der Waals surface area (Å²) in [5.41, 5.74) is 3.18. The zero-order valence-electron chi connectivity index (χ0n) is 15.5. The number of aryl methyl sites for hydroxylation is 1. The van der Waals surface area contributed by atoms with Crippen LogP contribution in [0.1, 0.15) is 31.3 Å². The molecule has 0 saturated carbocycles. The summed E-state index contributed by atoms with van der Waals surface area (Å²) in [5, 5.41) is 3.03. The van der Waals surface area contributed by atoms with Crippen molar-refractivity contribution in [1.82, 2.24) is 9.47 Å². The van der Waals surface area contributed by atoms with Gasteiger partial charge in [-0.2, -0.15) is 0 Å². The van der Waals surface area contributed by atoms with Crippen molar-refractivity contribution in [2.75, 3.05) is 25.1 Å². The molecule has 2 aliphatic rings. The van der Waals surface area contributed by atoms with E-state index in [0.717, 1.165) is 18.0 Å². The summed E-state index contributed by atoms with van der Waals surface area (Å²) in [7, 11) is 0. The number of hydrogen-bond donors (Lipinski definition) is 1. The topological polar surface area (TPSA) is 55.7 Å². The normalized spacial score (nSPS) is 18.6. The molecule has 0 aliphatic carbocycles. The Labute approximate surface area is 153 Å². The molecule has 0 spiro atoms. The quantitative estimate of drug-likeness (QED) is 0.891. The van der Waals surface area contributed by atoms with Gasteiger partial charge in [0.15, 0.2) is 11.5 Å². The number of amides is 2. The Kier molecular flexibility index (Phi) is 4.26. The van der Waals surface area contributed by atoms with Gasteiger partial charge in [0.2, 0.25) is 0 Å². The van der Waals surface area contributed by atoms with Gasteiger partial charge in [0.05, 0.1) is 6.04 Å². The third kappa shape index (κ3) is 2.89. The van der Waals surface area contributed by atoms with Crippen molar-refractivity contribution in [2.45, 2.75) is 33.4 Å². The number of fused-ring (bicyclic) bond motifs is 2. The highest BCUT2D eigenvalue weighted by atomic mass is 16.6. The van der Waals surface area contributed by atoms with Crippen LogP contribution in [0.25, 0.3) is 0 Å². The Morgan fingerprint density at radius 2 is 1.88 bits per heavy atom. The van der Waals surface area contributed by atoms with Gasteiger partial charge in [-0.1, -0.05) is 13.8 Å². The average Bonchev–Trinajstić information content (AvgIpc) is 3.01. The fourth-order valence-corrected chi connectivity index (χ4v) is 3.91. The number of carbonyl (C=O) groups is 1. The van der Waals surface area contributed by atoms with Crippen molar-refractivity contribution >= 4 is 11.7 Å². The number of carbonyl (C=O) groups excluding carboxylic acids is 1. The molecule has 1 aromatic carbocycles. The van der Waals surface area contributed by atoms with E-state index in [2.05, 4.69) is 42.8 Å². The molecule has 2 aromatic rings. The number of ether oxygens (including phenoxy) is 2. The molecule has 1 aromatic heterocycles. The van der Waals surface area contributed by atoms with Crippen molar-refractivity contribution in [3.05, 3.63) is 41.7 Å². The molecule has 3 heterocycles. The molecule has 0 saturated heterocycles. The highest BCUT2D eigenvalue weighted by Gasteiger charge is 2.33. The molecule has 138 valence electrons. The van der Waals surface area contributed by atoms with Crippen LogP contribution in [0.3, 0.4) is 0 Å². The number of nitrogens with zero attached hydrogens (tertiary/aromatic N) is 2. The van der Waals surface area contributed by atoms with E-state index in [-0.39, 0.29) is 12.1 Å². The minimum atomic E-state index is -0.0783. The lowest BCUT2D eigenvalue weighted by molar-refractivity contribution is 0.143. The zero-order chi connectivity index (χ0) is 18.3. The van der Waals surface area contributed by atoms with Crippen LogP contribution >= 0.6 is 0 Å². The van der Waals surface area contributed by atoms with Crippen molar-refractivity contribution in [3.8, 4) is 11.5 Å². The fraction of sp³-hybridized carbons (Fsp3) is 0.450. The minimum absolute atomic E-state index is 0.0645. The van der Waals surface area contributed by atoms with Gasteiger partial charge in [-0.25, -0.2) is 4.79 Å². The maximum Gasteiger partial charge on any atom is 0.322 e. The van der Waals surface area contributed by atoms with E-state index < -0.39 is 0 Å². The second kappa shape index (κ2) is 6.59. The standard InChI is InChI=1S/C20H25N3O3/c1-13(2)19-16-6-4-14(3)22(16)8-9-23(19)20(24)21-15-5-7-17-18(12-15)26-11-10-25-17/h4-7,12-13,19H,8-11H2,1-3H3,(H,21,24). The highest BCUT2D eigenvalue weighted by molar-refractivity contribution is 5.90. The summed E-state index contributed by atoms with van der Waals surface area (Å²) in [6.45, 7) is 9.05. The molecule has 0 fully saturated rings. The molecule has 6 heteroatoms. The summed E-state index contributed by atoms with van der Waals surface area (Å²) in [5.74, 6) is 1.73. The van der Waals surface area contributed by atoms with Gasteiger partial charge in [0.25, 0.3) is 0 Å². The molecular weight excluding hydrogens is 330 g/mol. The predicted octanol–water partition coefficient (Wildman–Crippen LogP) is 3.81. The van der Waals surface area contributed by atoms with Gasteiger partial charge < -0.3 is 24.3 Å². The molecular formula is C20H25N3O3. The van der Waals surface area contributed by atoms with Crippen LogP contribution < -0.4 is 14.8 Å². The van der Waals surface area contributed by atoms with Gasteiger partial charge in [-0.3, -0.25) is 0 Å². The molecule has 1 N–H and O–H groups in total. The van der Waals surface area contributed by atoms with Gasteiger partial charge in [0, 0.05) is 36.2 Å². The third-order valence-corrected chi connectivity index (χ3v) is 5.12. The maximum atomic E-state index is 13.0. The Balaban J connectivity index is 1.56. The second-order valence-electron chi connectivity index (χ2n) is 7.22. The molecule has 2 aliphatic heterocycles. The number of nitrogens with one attached hydrogen (secondary N) is 1. The van der Waals surface area contributed by atoms with E-state index in [1.54, 1.807) is 0 Å². The van der Waals surface area contributed by atoms with E-state index in [4.69, 9.17) is 9.47 Å². The van der Waals surface area contributed by atoms with Crippen LogP contribution in [-0.4, -0.2) is 35.3 Å². The number of aromatic nitrogens is 1. The van der Waals surface area contributed by atoms with Crippen LogP contribution in [0.5, 0.6) is 11.5 Å². The molecule has 0 radical (unpaired) electrons. The first-order valence-corrected chi connectivity index (χ1v) is 9.18. The van der Waals surface area contributed by atoms with Crippen molar-refractivity contribution in [1.29, 1.82) is 0 Å². The number of urea groups is 1. The first-order chi connectivity index (χ1) is 12.5. The second-order valence-corrected chi connectivity index (χ2v) is 7.22. The Bertz CT molecular complexity index is 828. The van der Waals surface area contributed by atoms with E-state index in [9.17, 15) is 4.79 Å². The maximum absolute atomic E-state index is 13.0. The predicted molar refractivity (Wildman–Crippen MR) is 99.9 cm³/mol. The molecule has 0 bridgehead atoms. The molecule has 1 unspecified atom stereocenters. The van der Waals surface area contributed by atoms with Gasteiger partial charge >= 0.3 is 6.03 Å². The lowest BCUT2D eigenvalue weighted by atomic mass is 9.97. The van der Waals surface area contributed by atoms with E-state index in [1.807, 2.05) is 23.1 Å². The number of benzene rings is 1. The number of rotatable bonds is 2. The molecule has 2 amide bonds. The molecule has 1 atom stereocenters. The lowest BCUT2D eigenvalue weighted by Crippen LogP contribution is -2.46. The first-order valence-electron chi connectivity index (χ1n) is 9.18. The molecule has 6 nitrogen and oxygen atoms in total. The largest absolute Gasteiger partial charge is 0.486 e. The summed E-state index contributed by atoms with van der Waals surface area (Å²) in [4.78, 5) is 14.9. The summed E-state index contributed by atoms with van der Waals surface area (Å²) in [6, 6.07) is 9.78. The lowest BCUT2D eigenvalue weighted by Gasteiger charge is -2.39. The van der Waals surface area contributed by atoms with Crippen molar-refractivity contribution in [3.63, 3.8) is 0 Å². The number of hydrogen-bond acceptors (Lipinski definition) is 3. The monoisotopic (exact) mass is 355 g/mol. The van der Waals surface area contributed by atoms with Crippen LogP contribution in [0.2, 0.25) is 0 Å². The fourth-order valence-electron chi connectivity index (χ4n) is 3.91. The molecule has 26 heavy (non-hydrogen) atoms. The third-order valence-electron chi connectivity index (χ3n) is 5.12. The van der Waals surface area contributed by atoms with Crippen LogP contribution in [0.4, 0.5) is 10.5 Å². The average molecular weight is 355 g/mol. The highest BCUT2D eigenvalue weighted by Crippen LogP contribution is 2.35. The summed E-state index contributed by atoms with van der Waals surface area (Å²) in [6.07, 6.45) is 0. The van der Waals surface area contributed by atoms with Gasteiger partial charge in [-0.05, 0) is 37.1 Å². The van der Waals surface area contributed by atoms with Crippen LogP contribution in [-0.2, 0) is 6.54 Å². The number of anilines is 1.